The fourth-order valence-corrected chi connectivity index (χ4v) is 6.23. The Balaban J connectivity index is 1.75. The fraction of sp³-hybridized carbons (Fsp3) is 0.581. The van der Waals surface area contributed by atoms with Crippen molar-refractivity contribution in [3.8, 4) is 11.5 Å². The second kappa shape index (κ2) is 11.6. The van der Waals surface area contributed by atoms with Gasteiger partial charge >= 0.3 is 5.97 Å². The molecule has 0 aromatic heterocycles. The number of nitrogens with one attached hydrogen (secondary N) is 1. The summed E-state index contributed by atoms with van der Waals surface area (Å²) in [5, 5.41) is 0.228. The van der Waals surface area contributed by atoms with Crippen molar-refractivity contribution in [1.29, 1.82) is 0 Å². The molecule has 1 fully saturated rings. The first-order valence-electron chi connectivity index (χ1n) is 14.0. The average molecular weight is 556 g/mol. The van der Waals surface area contributed by atoms with Crippen molar-refractivity contribution < 1.29 is 18.5 Å². The van der Waals surface area contributed by atoms with E-state index in [1.807, 2.05) is 18.2 Å². The van der Waals surface area contributed by atoms with Crippen molar-refractivity contribution in [2.75, 3.05) is 0 Å². The molecule has 0 atom stereocenters. The molecule has 210 valence electrons. The SMILES string of the molecule is CC(C)(C)[Si](C)(C)Oc1ccc([C@H]2CC[C@@H](NOC(=O)c3ccccc3)CC2)c(O[Si](C)(C)C(C)(C)C)c1. The maximum Gasteiger partial charge on any atom is 0.356 e. The van der Waals surface area contributed by atoms with Crippen LogP contribution in [-0.2, 0) is 4.84 Å². The Morgan fingerprint density at radius 1 is 0.789 bits per heavy atom. The molecule has 0 radical (unpaired) electrons. The molecule has 0 spiro atoms. The first-order valence-corrected chi connectivity index (χ1v) is 19.9. The molecule has 0 bridgehead atoms. The van der Waals surface area contributed by atoms with Gasteiger partial charge in [0.2, 0.25) is 16.6 Å². The largest absolute Gasteiger partial charge is 0.543 e. The van der Waals surface area contributed by atoms with Crippen LogP contribution in [0.5, 0.6) is 11.5 Å². The van der Waals surface area contributed by atoms with E-state index < -0.39 is 16.6 Å². The molecule has 0 aliphatic heterocycles. The highest BCUT2D eigenvalue weighted by Gasteiger charge is 2.41. The summed E-state index contributed by atoms with van der Waals surface area (Å²) in [4.78, 5) is 17.7. The predicted molar refractivity (Wildman–Crippen MR) is 162 cm³/mol. The number of carbonyl (C=O) groups is 1. The van der Waals surface area contributed by atoms with Gasteiger partial charge in [0.15, 0.2) is 0 Å². The van der Waals surface area contributed by atoms with Crippen LogP contribution in [0.15, 0.2) is 48.5 Å². The van der Waals surface area contributed by atoms with Crippen molar-refractivity contribution in [2.45, 2.75) is 115 Å². The average Bonchev–Trinajstić information content (AvgIpc) is 2.82. The summed E-state index contributed by atoms with van der Waals surface area (Å²) in [6, 6.07) is 15.8. The van der Waals surface area contributed by atoms with Gasteiger partial charge in [-0.2, -0.15) is 0 Å². The summed E-state index contributed by atoms with van der Waals surface area (Å²) in [6.45, 7) is 22.8. The van der Waals surface area contributed by atoms with Crippen molar-refractivity contribution >= 4 is 22.6 Å². The molecule has 0 saturated heterocycles. The summed E-state index contributed by atoms with van der Waals surface area (Å²) in [7, 11) is -4.01. The minimum atomic E-state index is -2.04. The first kappa shape index (κ1) is 30.4. The van der Waals surface area contributed by atoms with Crippen LogP contribution in [0.3, 0.4) is 0 Å². The van der Waals surface area contributed by atoms with Gasteiger partial charge in [-0.1, -0.05) is 65.8 Å². The highest BCUT2D eigenvalue weighted by atomic mass is 28.4. The van der Waals surface area contributed by atoms with E-state index in [4.69, 9.17) is 13.7 Å². The number of hydrogen-bond acceptors (Lipinski definition) is 5. The second-order valence-electron chi connectivity index (χ2n) is 13.8. The molecular formula is C31H49NO4Si2. The van der Waals surface area contributed by atoms with E-state index >= 15 is 0 Å². The summed E-state index contributed by atoms with van der Waals surface area (Å²) in [6.07, 6.45) is 3.90. The summed E-state index contributed by atoms with van der Waals surface area (Å²) >= 11 is 0. The number of benzene rings is 2. The van der Waals surface area contributed by atoms with E-state index in [0.29, 0.717) is 11.5 Å². The van der Waals surface area contributed by atoms with E-state index in [9.17, 15) is 4.79 Å². The van der Waals surface area contributed by atoms with Crippen LogP contribution in [0, 0.1) is 0 Å². The smallest absolute Gasteiger partial charge is 0.356 e. The normalized spacial score (nSPS) is 19.1. The lowest BCUT2D eigenvalue weighted by atomic mass is 9.81. The molecule has 3 rings (SSSR count). The molecule has 0 unspecified atom stereocenters. The lowest BCUT2D eigenvalue weighted by Gasteiger charge is -2.39. The number of carbonyl (C=O) groups excluding carboxylic acids is 1. The second-order valence-corrected chi connectivity index (χ2v) is 23.3. The minimum Gasteiger partial charge on any atom is -0.543 e. The molecule has 38 heavy (non-hydrogen) atoms. The van der Waals surface area contributed by atoms with Gasteiger partial charge in [-0.3, -0.25) is 0 Å². The molecule has 1 N–H and O–H groups in total. The van der Waals surface area contributed by atoms with Crippen molar-refractivity contribution in [1.82, 2.24) is 5.48 Å². The minimum absolute atomic E-state index is 0.102. The van der Waals surface area contributed by atoms with E-state index in [0.717, 1.165) is 37.2 Å². The van der Waals surface area contributed by atoms with Gasteiger partial charge in [0.05, 0.1) is 5.56 Å². The quantitative estimate of drug-likeness (QED) is 0.260. The van der Waals surface area contributed by atoms with Crippen molar-refractivity contribution in [3.05, 3.63) is 59.7 Å². The van der Waals surface area contributed by atoms with Crippen LogP contribution in [0.2, 0.25) is 36.3 Å². The van der Waals surface area contributed by atoms with Gasteiger partial charge in [-0.15, -0.1) is 5.48 Å². The molecule has 1 saturated carbocycles. The van der Waals surface area contributed by atoms with Gasteiger partial charge in [0.25, 0.3) is 0 Å². The first-order chi connectivity index (χ1) is 17.5. The Bertz CT molecular complexity index is 1080. The third-order valence-corrected chi connectivity index (χ3v) is 17.5. The van der Waals surface area contributed by atoms with Crippen LogP contribution in [0.25, 0.3) is 0 Å². The molecule has 5 nitrogen and oxygen atoms in total. The van der Waals surface area contributed by atoms with E-state index in [1.165, 1.54) is 5.56 Å². The van der Waals surface area contributed by atoms with Gasteiger partial charge in [0, 0.05) is 12.1 Å². The van der Waals surface area contributed by atoms with E-state index in [1.54, 1.807) is 12.1 Å². The maximum atomic E-state index is 12.3. The van der Waals surface area contributed by atoms with Gasteiger partial charge in [-0.05, 0) is 91.6 Å². The Kier molecular flexibility index (Phi) is 9.26. The lowest BCUT2D eigenvalue weighted by molar-refractivity contribution is 0.0106. The van der Waals surface area contributed by atoms with Crippen LogP contribution < -0.4 is 14.3 Å². The summed E-state index contributed by atoms with van der Waals surface area (Å²) < 4.78 is 13.6. The zero-order valence-corrected chi connectivity index (χ0v) is 27.2. The highest BCUT2D eigenvalue weighted by Crippen LogP contribution is 2.45. The summed E-state index contributed by atoms with van der Waals surface area (Å²) in [5.74, 6) is 1.96. The number of hydrogen-bond donors (Lipinski definition) is 1. The van der Waals surface area contributed by atoms with Crippen molar-refractivity contribution in [2.24, 2.45) is 0 Å². The molecule has 2 aromatic rings. The van der Waals surface area contributed by atoms with Gasteiger partial charge in [-0.25, -0.2) is 4.79 Å². The molecule has 0 amide bonds. The highest BCUT2D eigenvalue weighted by molar-refractivity contribution is 6.75. The lowest BCUT2D eigenvalue weighted by Crippen LogP contribution is -2.44. The van der Waals surface area contributed by atoms with Crippen molar-refractivity contribution in [3.63, 3.8) is 0 Å². The number of rotatable bonds is 8. The molecule has 1 aliphatic carbocycles. The molecule has 7 heteroatoms. The Morgan fingerprint density at radius 2 is 1.34 bits per heavy atom. The third kappa shape index (κ3) is 7.51. The zero-order chi connectivity index (χ0) is 28.4. The van der Waals surface area contributed by atoms with Gasteiger partial charge < -0.3 is 13.7 Å². The van der Waals surface area contributed by atoms with Crippen LogP contribution in [0.1, 0.15) is 89.1 Å². The third-order valence-electron chi connectivity index (χ3n) is 8.83. The predicted octanol–water partition coefficient (Wildman–Crippen LogP) is 8.84. The number of hydroxylamine groups is 1. The molecular weight excluding hydrogens is 507 g/mol. The van der Waals surface area contributed by atoms with E-state index in [2.05, 4.69) is 91.4 Å². The van der Waals surface area contributed by atoms with Crippen LogP contribution >= 0.6 is 0 Å². The van der Waals surface area contributed by atoms with E-state index in [-0.39, 0.29) is 22.1 Å². The zero-order valence-electron chi connectivity index (χ0n) is 25.2. The summed E-state index contributed by atoms with van der Waals surface area (Å²) in [5.41, 5.74) is 4.86. The van der Waals surface area contributed by atoms with Crippen LogP contribution in [0.4, 0.5) is 0 Å². The maximum absolute atomic E-state index is 12.3. The Morgan fingerprint density at radius 3 is 1.89 bits per heavy atom. The Hall–Kier alpha value is -2.10. The molecule has 1 aliphatic rings. The fourth-order valence-electron chi connectivity index (χ4n) is 4.17. The Labute approximate surface area is 232 Å². The standard InChI is InChI=1S/C31H49NO4Si2/c1-30(2,3)37(7,8)35-26-20-21-27(28(22-26)36-38(9,10)31(4,5)6)23-16-18-25(19-17-23)32-34-29(33)24-14-12-11-13-15-24/h11-15,20-23,25,32H,16-19H2,1-10H3/t23-,25+. The van der Waals surface area contributed by atoms with Gasteiger partial charge in [0.1, 0.15) is 11.5 Å². The molecule has 2 aromatic carbocycles. The van der Waals surface area contributed by atoms with Crippen LogP contribution in [-0.4, -0.2) is 28.6 Å². The monoisotopic (exact) mass is 555 g/mol. The molecule has 0 heterocycles. The topological polar surface area (TPSA) is 56.8 Å².